The van der Waals surface area contributed by atoms with Crippen LogP contribution >= 0.6 is 6.72 Å². The van der Waals surface area contributed by atoms with Gasteiger partial charge in [0.2, 0.25) is 0 Å². The second-order valence-corrected chi connectivity index (χ2v) is 7.42. The van der Waals surface area contributed by atoms with Gasteiger partial charge in [-0.1, -0.05) is 5.16 Å². The average Bonchev–Trinajstić information content (AvgIpc) is 2.54. The summed E-state index contributed by atoms with van der Waals surface area (Å²) in [5.41, 5.74) is 1.34. The molecule has 0 radical (unpaired) electrons. The Bertz CT molecular complexity index is 596. The molecule has 0 fully saturated rings. The number of nitrogens with one attached hydrogen (secondary N) is 1. The molecule has 1 amide bonds. The van der Waals surface area contributed by atoms with Crippen molar-refractivity contribution in [1.29, 1.82) is 0 Å². The lowest BCUT2D eigenvalue weighted by Crippen LogP contribution is -2.22. The molecule has 0 atom stereocenters. The molecule has 0 aliphatic rings. The monoisotopic (exact) mass is 374 g/mol. The molecule has 1 N–H and O–H groups in total. The molecule has 9 heteroatoms. The molecule has 24 heavy (non-hydrogen) atoms. The van der Waals surface area contributed by atoms with E-state index in [1.165, 1.54) is 0 Å². The summed E-state index contributed by atoms with van der Waals surface area (Å²) in [7, 11) is 0. The normalized spacial score (nSPS) is 11.9. The van der Waals surface area contributed by atoms with Gasteiger partial charge in [-0.15, -0.1) is 0 Å². The molecular formula is C15H23N2O5PS. The second-order valence-electron chi connectivity index (χ2n) is 4.48. The first-order valence-electron chi connectivity index (χ1n) is 7.62. The minimum Gasteiger partial charge on any atom is -0.424 e. The maximum atomic E-state index is 11.2. The molecule has 0 aliphatic heterocycles. The van der Waals surface area contributed by atoms with Crippen molar-refractivity contribution in [3.8, 4) is 5.75 Å². The van der Waals surface area contributed by atoms with Crippen LogP contribution in [0.5, 0.6) is 5.75 Å². The Morgan fingerprint density at radius 3 is 2.25 bits per heavy atom. The number of rotatable bonds is 9. The minimum atomic E-state index is -2.79. The zero-order valence-corrected chi connectivity index (χ0v) is 16.0. The number of carbonyl (C=O) groups is 1. The highest BCUT2D eigenvalue weighted by molar-refractivity contribution is 8.07. The first-order chi connectivity index (χ1) is 11.4. The van der Waals surface area contributed by atoms with Crippen LogP contribution in [0.25, 0.3) is 0 Å². The molecule has 1 rings (SSSR count). The fourth-order valence-electron chi connectivity index (χ4n) is 1.63. The highest BCUT2D eigenvalue weighted by Crippen LogP contribution is 2.49. The van der Waals surface area contributed by atoms with Crippen LogP contribution in [0.3, 0.4) is 0 Å². The van der Waals surface area contributed by atoms with Gasteiger partial charge < -0.3 is 9.84 Å². The Labute approximate surface area is 147 Å². The Hall–Kier alpha value is -1.47. The van der Waals surface area contributed by atoms with Crippen molar-refractivity contribution in [2.45, 2.75) is 27.7 Å². The molecule has 0 saturated carbocycles. The molecule has 134 valence electrons. The number of amides is 1. The number of hydrogen-bond acceptors (Lipinski definition) is 7. The summed E-state index contributed by atoms with van der Waals surface area (Å²) in [5, 5.41) is 6.26. The molecule has 0 saturated heterocycles. The van der Waals surface area contributed by atoms with E-state index in [9.17, 15) is 4.79 Å². The summed E-state index contributed by atoms with van der Waals surface area (Å²) in [6.45, 7) is 5.72. The van der Waals surface area contributed by atoms with Crippen molar-refractivity contribution in [1.82, 2.24) is 5.32 Å². The van der Waals surface area contributed by atoms with Gasteiger partial charge >= 0.3 is 12.8 Å². The second kappa shape index (κ2) is 10.4. The van der Waals surface area contributed by atoms with Crippen molar-refractivity contribution in [2.75, 3.05) is 19.8 Å². The van der Waals surface area contributed by atoms with Crippen LogP contribution in [0.2, 0.25) is 0 Å². The third kappa shape index (κ3) is 6.97. The zero-order valence-electron chi connectivity index (χ0n) is 14.3. The third-order valence-electron chi connectivity index (χ3n) is 2.65. The van der Waals surface area contributed by atoms with E-state index >= 15 is 0 Å². The van der Waals surface area contributed by atoms with Gasteiger partial charge in [-0.3, -0.25) is 13.9 Å². The molecular weight excluding hydrogens is 351 g/mol. The Morgan fingerprint density at radius 2 is 1.75 bits per heavy atom. The van der Waals surface area contributed by atoms with E-state index in [2.05, 4.69) is 10.5 Å². The SMILES string of the molecule is CCNC(=O)O/N=C(\C)c1ccc(OP(=S)(OCC)OCC)cc1. The maximum Gasteiger partial charge on any atom is 0.433 e. The van der Waals surface area contributed by atoms with E-state index < -0.39 is 12.8 Å². The smallest absolute Gasteiger partial charge is 0.424 e. The molecule has 1 aromatic rings. The fourth-order valence-corrected chi connectivity index (χ4v) is 3.71. The van der Waals surface area contributed by atoms with Gasteiger partial charge in [0.15, 0.2) is 0 Å². The van der Waals surface area contributed by atoms with Gasteiger partial charge in [-0.05, 0) is 57.5 Å². The minimum absolute atomic E-state index is 0.415. The molecule has 7 nitrogen and oxygen atoms in total. The maximum absolute atomic E-state index is 11.2. The molecule has 0 aliphatic carbocycles. The Kier molecular flexibility index (Phi) is 8.92. The van der Waals surface area contributed by atoms with E-state index in [1.807, 2.05) is 13.8 Å². The van der Waals surface area contributed by atoms with Crippen LogP contribution in [0.4, 0.5) is 4.79 Å². The molecule has 0 heterocycles. The van der Waals surface area contributed by atoms with Crippen LogP contribution in [0, 0.1) is 0 Å². The number of hydrogen-bond donors (Lipinski definition) is 1. The van der Waals surface area contributed by atoms with E-state index in [-0.39, 0.29) is 0 Å². The van der Waals surface area contributed by atoms with Gasteiger partial charge in [0.05, 0.1) is 18.9 Å². The number of benzene rings is 1. The Balaban J connectivity index is 2.76. The lowest BCUT2D eigenvalue weighted by molar-refractivity contribution is 0.151. The van der Waals surface area contributed by atoms with Gasteiger partial charge in [0, 0.05) is 18.4 Å². The van der Waals surface area contributed by atoms with Crippen molar-refractivity contribution < 1.29 is 23.2 Å². The van der Waals surface area contributed by atoms with E-state index in [4.69, 9.17) is 30.2 Å². The van der Waals surface area contributed by atoms with Crippen LogP contribution in [-0.4, -0.2) is 31.6 Å². The van der Waals surface area contributed by atoms with Crippen molar-refractivity contribution in [3.05, 3.63) is 29.8 Å². The molecule has 0 bridgehead atoms. The summed E-state index contributed by atoms with van der Waals surface area (Å²) in [6, 6.07) is 7.04. The first kappa shape index (κ1) is 20.6. The van der Waals surface area contributed by atoms with Crippen LogP contribution in [0.1, 0.15) is 33.3 Å². The molecule has 1 aromatic carbocycles. The quantitative estimate of drug-likeness (QED) is 0.306. The number of nitrogens with zero attached hydrogens (tertiary/aromatic N) is 1. The van der Waals surface area contributed by atoms with E-state index in [0.29, 0.717) is 31.2 Å². The highest BCUT2D eigenvalue weighted by Gasteiger charge is 2.21. The molecule has 0 unspecified atom stereocenters. The first-order valence-corrected chi connectivity index (χ1v) is 10.2. The van der Waals surface area contributed by atoms with Crippen molar-refractivity contribution >= 4 is 30.3 Å². The largest absolute Gasteiger partial charge is 0.433 e. The topological polar surface area (TPSA) is 78.4 Å². The summed E-state index contributed by atoms with van der Waals surface area (Å²) in [5.74, 6) is 0.543. The lowest BCUT2D eigenvalue weighted by atomic mass is 10.1. The fraction of sp³-hybridized carbons (Fsp3) is 0.467. The number of oxime groups is 1. The zero-order chi connectivity index (χ0) is 18.0. The van der Waals surface area contributed by atoms with Crippen LogP contribution < -0.4 is 9.84 Å². The van der Waals surface area contributed by atoms with E-state index in [1.54, 1.807) is 38.1 Å². The van der Waals surface area contributed by atoms with Gasteiger partial charge in [-0.25, -0.2) is 4.79 Å². The van der Waals surface area contributed by atoms with Gasteiger partial charge in [0.1, 0.15) is 5.75 Å². The highest BCUT2D eigenvalue weighted by atomic mass is 32.5. The molecule has 0 aromatic heterocycles. The summed E-state index contributed by atoms with van der Waals surface area (Å²) in [4.78, 5) is 15.9. The Morgan fingerprint density at radius 1 is 1.17 bits per heavy atom. The predicted molar refractivity (Wildman–Crippen MR) is 97.0 cm³/mol. The third-order valence-corrected chi connectivity index (χ3v) is 5.09. The van der Waals surface area contributed by atoms with Crippen LogP contribution in [0.15, 0.2) is 29.4 Å². The van der Waals surface area contributed by atoms with Gasteiger partial charge in [0.25, 0.3) is 0 Å². The summed E-state index contributed by atoms with van der Waals surface area (Å²) >= 11 is 5.32. The lowest BCUT2D eigenvalue weighted by Gasteiger charge is -2.21. The van der Waals surface area contributed by atoms with E-state index in [0.717, 1.165) is 5.56 Å². The predicted octanol–water partition coefficient (Wildman–Crippen LogP) is 3.83. The van der Waals surface area contributed by atoms with Gasteiger partial charge in [-0.2, -0.15) is 0 Å². The molecule has 0 spiro atoms. The van der Waals surface area contributed by atoms with Crippen molar-refractivity contribution in [3.63, 3.8) is 0 Å². The standard InChI is InChI=1S/C15H23N2O5PS/c1-5-16-15(18)21-17-12(4)13-8-10-14(11-9-13)22-23(24,19-6-2)20-7-3/h8-11H,5-7H2,1-4H3,(H,16,18)/b17-12+. The van der Waals surface area contributed by atoms with Crippen LogP contribution in [-0.2, 0) is 25.7 Å². The average molecular weight is 374 g/mol. The number of carbonyl (C=O) groups excluding carboxylic acids is 1. The summed E-state index contributed by atoms with van der Waals surface area (Å²) in [6.07, 6.45) is -0.592. The summed E-state index contributed by atoms with van der Waals surface area (Å²) < 4.78 is 16.6. The van der Waals surface area contributed by atoms with Crippen molar-refractivity contribution in [2.24, 2.45) is 5.16 Å².